The third kappa shape index (κ3) is 7.90. The lowest BCUT2D eigenvalue weighted by Crippen LogP contribution is -2.44. The molecule has 2 N–H and O–H groups in total. The number of hydrogen-bond donors (Lipinski definition) is 2. The summed E-state index contributed by atoms with van der Waals surface area (Å²) in [5.41, 5.74) is 1.05. The Morgan fingerprint density at radius 2 is 1.89 bits per heavy atom. The third-order valence-corrected chi connectivity index (χ3v) is 5.23. The van der Waals surface area contributed by atoms with E-state index in [2.05, 4.69) is 20.5 Å². The van der Waals surface area contributed by atoms with Gasteiger partial charge < -0.3 is 25.0 Å². The summed E-state index contributed by atoms with van der Waals surface area (Å²) in [5, 5.41) is 6.57. The number of sulfone groups is 1. The van der Waals surface area contributed by atoms with E-state index in [1.165, 1.54) is 6.26 Å². The van der Waals surface area contributed by atoms with Crippen molar-refractivity contribution in [3.05, 3.63) is 18.2 Å². The molecule has 1 aromatic carbocycles. The maximum atomic E-state index is 11.3. The van der Waals surface area contributed by atoms with E-state index >= 15 is 0 Å². The van der Waals surface area contributed by atoms with Crippen LogP contribution < -0.4 is 25.0 Å². The van der Waals surface area contributed by atoms with E-state index in [0.29, 0.717) is 12.5 Å². The van der Waals surface area contributed by atoms with E-state index in [-0.39, 0.29) is 42.3 Å². The molecule has 1 fully saturated rings. The van der Waals surface area contributed by atoms with E-state index in [9.17, 15) is 8.42 Å². The molecule has 10 heteroatoms. The summed E-state index contributed by atoms with van der Waals surface area (Å²) in [6.07, 6.45) is 2.18. The number of guanidine groups is 1. The average molecular weight is 526 g/mol. The fraction of sp³-hybridized carbons (Fsp3) is 0.611. The number of benzene rings is 1. The van der Waals surface area contributed by atoms with E-state index < -0.39 is 9.84 Å². The zero-order valence-electron chi connectivity index (χ0n) is 16.9. The number of aliphatic imine (C=N–C) groups is 1. The summed E-state index contributed by atoms with van der Waals surface area (Å²) in [6, 6.07) is 6.07. The fourth-order valence-corrected chi connectivity index (χ4v) is 3.35. The van der Waals surface area contributed by atoms with E-state index in [0.717, 1.165) is 36.7 Å². The fourth-order valence-electron chi connectivity index (χ4n) is 2.92. The molecule has 1 saturated heterocycles. The van der Waals surface area contributed by atoms with Crippen LogP contribution in [0.1, 0.15) is 13.3 Å². The van der Waals surface area contributed by atoms with E-state index in [1.807, 2.05) is 25.1 Å². The van der Waals surface area contributed by atoms with Gasteiger partial charge in [-0.3, -0.25) is 4.99 Å². The zero-order chi connectivity index (χ0) is 19.9. The van der Waals surface area contributed by atoms with Gasteiger partial charge in [-0.2, -0.15) is 0 Å². The number of halogens is 1. The van der Waals surface area contributed by atoms with Gasteiger partial charge in [-0.1, -0.05) is 0 Å². The highest BCUT2D eigenvalue weighted by atomic mass is 127. The Kier molecular flexibility index (Phi) is 10.1. The molecule has 28 heavy (non-hydrogen) atoms. The molecule has 0 radical (unpaired) electrons. The van der Waals surface area contributed by atoms with Crippen molar-refractivity contribution >= 4 is 45.5 Å². The highest BCUT2D eigenvalue weighted by Gasteiger charge is 2.24. The Bertz CT molecular complexity index is 736. The lowest BCUT2D eigenvalue weighted by atomic mass is 10.2. The van der Waals surface area contributed by atoms with Gasteiger partial charge in [0, 0.05) is 55.8 Å². The summed E-state index contributed by atoms with van der Waals surface area (Å²) >= 11 is 0. The van der Waals surface area contributed by atoms with Gasteiger partial charge in [-0.15, -0.1) is 24.0 Å². The second-order valence-electron chi connectivity index (χ2n) is 6.54. The molecule has 2 rings (SSSR count). The molecular weight excluding hydrogens is 495 g/mol. The minimum absolute atomic E-state index is 0. The Balaban J connectivity index is 0.00000392. The standard InChI is InChI=1S/C18H30N4O4S.HI/c1-5-19-18(20-7-9-27(4,23)24)21-14-6-8-22(13-14)15-10-16(25-2)12-17(11-15)26-3;/h10-12,14H,5-9,13H2,1-4H3,(H2,19,20,21);1H. The van der Waals surface area contributed by atoms with Crippen LogP contribution in [0.15, 0.2) is 23.2 Å². The first-order valence-corrected chi connectivity index (χ1v) is 11.1. The topological polar surface area (TPSA) is 92.3 Å². The van der Waals surface area contributed by atoms with Gasteiger partial charge in [0.25, 0.3) is 0 Å². The van der Waals surface area contributed by atoms with Crippen LogP contribution in [0.4, 0.5) is 5.69 Å². The molecule has 8 nitrogen and oxygen atoms in total. The Hall–Kier alpha value is -1.43. The summed E-state index contributed by atoms with van der Waals surface area (Å²) < 4.78 is 33.3. The van der Waals surface area contributed by atoms with Crippen LogP contribution in [-0.4, -0.2) is 72.8 Å². The van der Waals surface area contributed by atoms with Crippen molar-refractivity contribution in [3.63, 3.8) is 0 Å². The average Bonchev–Trinajstić information content (AvgIpc) is 3.09. The maximum Gasteiger partial charge on any atom is 0.191 e. The monoisotopic (exact) mass is 526 g/mol. The van der Waals surface area contributed by atoms with Gasteiger partial charge in [0.1, 0.15) is 21.3 Å². The minimum Gasteiger partial charge on any atom is -0.497 e. The minimum atomic E-state index is -3.01. The second-order valence-corrected chi connectivity index (χ2v) is 8.80. The molecule has 0 aliphatic carbocycles. The largest absolute Gasteiger partial charge is 0.497 e. The highest BCUT2D eigenvalue weighted by Crippen LogP contribution is 2.30. The second kappa shape index (κ2) is 11.5. The zero-order valence-corrected chi connectivity index (χ0v) is 20.0. The number of hydrogen-bond acceptors (Lipinski definition) is 6. The molecule has 1 aliphatic heterocycles. The lowest BCUT2D eigenvalue weighted by molar-refractivity contribution is 0.394. The molecular formula is C18H31IN4O4S. The summed E-state index contributed by atoms with van der Waals surface area (Å²) in [4.78, 5) is 6.64. The molecule has 0 aromatic heterocycles. The number of nitrogens with one attached hydrogen (secondary N) is 2. The van der Waals surface area contributed by atoms with E-state index in [4.69, 9.17) is 9.47 Å². The first-order valence-electron chi connectivity index (χ1n) is 9.05. The van der Waals surface area contributed by atoms with Gasteiger partial charge in [0.2, 0.25) is 0 Å². The van der Waals surface area contributed by atoms with Crippen LogP contribution in [0, 0.1) is 0 Å². The number of nitrogens with zero attached hydrogens (tertiary/aromatic N) is 2. The first kappa shape index (κ1) is 24.6. The van der Waals surface area contributed by atoms with E-state index in [1.54, 1.807) is 14.2 Å². The molecule has 0 spiro atoms. The van der Waals surface area contributed by atoms with Crippen molar-refractivity contribution in [2.45, 2.75) is 19.4 Å². The van der Waals surface area contributed by atoms with Crippen molar-refractivity contribution in [1.29, 1.82) is 0 Å². The Labute approximate surface area is 185 Å². The summed E-state index contributed by atoms with van der Waals surface area (Å²) in [5.74, 6) is 2.22. The third-order valence-electron chi connectivity index (χ3n) is 4.31. The molecule has 1 heterocycles. The van der Waals surface area contributed by atoms with Crippen LogP contribution >= 0.6 is 24.0 Å². The molecule has 1 atom stereocenters. The molecule has 1 aliphatic rings. The molecule has 1 aromatic rings. The quantitative estimate of drug-likeness (QED) is 0.302. The van der Waals surface area contributed by atoms with Crippen LogP contribution in [0.5, 0.6) is 11.5 Å². The van der Waals surface area contributed by atoms with Crippen molar-refractivity contribution < 1.29 is 17.9 Å². The normalized spacial score (nSPS) is 17.1. The van der Waals surface area contributed by atoms with Gasteiger partial charge in [-0.05, 0) is 13.3 Å². The maximum absolute atomic E-state index is 11.3. The lowest BCUT2D eigenvalue weighted by Gasteiger charge is -2.21. The van der Waals surface area contributed by atoms with Crippen LogP contribution in [0.25, 0.3) is 0 Å². The van der Waals surface area contributed by atoms with Crippen LogP contribution in [-0.2, 0) is 9.84 Å². The van der Waals surface area contributed by atoms with Crippen molar-refractivity contribution in [3.8, 4) is 11.5 Å². The van der Waals surface area contributed by atoms with Gasteiger partial charge in [-0.25, -0.2) is 8.42 Å². The van der Waals surface area contributed by atoms with Crippen molar-refractivity contribution in [2.24, 2.45) is 4.99 Å². The number of methoxy groups -OCH3 is 2. The predicted molar refractivity (Wildman–Crippen MR) is 124 cm³/mol. The van der Waals surface area contributed by atoms with Crippen molar-refractivity contribution in [1.82, 2.24) is 10.6 Å². The van der Waals surface area contributed by atoms with Crippen LogP contribution in [0.3, 0.4) is 0 Å². The number of ether oxygens (including phenoxy) is 2. The molecule has 1 unspecified atom stereocenters. The summed E-state index contributed by atoms with van der Waals surface area (Å²) in [6.45, 7) is 4.66. The first-order chi connectivity index (χ1) is 12.8. The molecule has 0 saturated carbocycles. The number of anilines is 1. The molecule has 0 amide bonds. The SMILES string of the molecule is CCNC(=NCCS(C)(=O)=O)NC1CCN(c2cc(OC)cc(OC)c2)C1.I. The van der Waals surface area contributed by atoms with Gasteiger partial charge in [0.05, 0.1) is 26.5 Å². The molecule has 0 bridgehead atoms. The molecule has 160 valence electrons. The number of rotatable bonds is 8. The Morgan fingerprint density at radius 1 is 1.25 bits per heavy atom. The summed E-state index contributed by atoms with van der Waals surface area (Å²) in [7, 11) is 0.268. The van der Waals surface area contributed by atoms with Gasteiger partial charge in [0.15, 0.2) is 5.96 Å². The van der Waals surface area contributed by atoms with Crippen LogP contribution in [0.2, 0.25) is 0 Å². The van der Waals surface area contributed by atoms with Crippen molar-refractivity contribution in [2.75, 3.05) is 57.3 Å². The Morgan fingerprint density at radius 3 is 2.43 bits per heavy atom. The smallest absolute Gasteiger partial charge is 0.191 e. The predicted octanol–water partition coefficient (Wildman–Crippen LogP) is 1.50. The highest BCUT2D eigenvalue weighted by molar-refractivity contribution is 14.0. The van der Waals surface area contributed by atoms with Gasteiger partial charge >= 0.3 is 0 Å².